The normalized spacial score (nSPS) is 11.0. The number of esters is 1. The van der Waals surface area contributed by atoms with E-state index in [1.165, 1.54) is 56.1 Å². The molecule has 1 aromatic carbocycles. The summed E-state index contributed by atoms with van der Waals surface area (Å²) in [5.41, 5.74) is 2.31. The van der Waals surface area contributed by atoms with Gasteiger partial charge in [-0.1, -0.05) is 76.3 Å². The summed E-state index contributed by atoms with van der Waals surface area (Å²) in [7, 11) is 0. The Morgan fingerprint density at radius 1 is 0.963 bits per heavy atom. The molecule has 0 fully saturated rings. The summed E-state index contributed by atoms with van der Waals surface area (Å²) in [6.45, 7) is 4.30. The number of aromatic nitrogens is 2. The maximum Gasteiger partial charge on any atom is 0.335 e. The number of nitrogens with zero attached hydrogens (tertiary/aromatic N) is 2. The van der Waals surface area contributed by atoms with Crippen molar-refractivity contribution < 1.29 is 9.53 Å². The van der Waals surface area contributed by atoms with Crippen LogP contribution in [-0.4, -0.2) is 15.9 Å². The molecule has 0 aliphatic rings. The van der Waals surface area contributed by atoms with Gasteiger partial charge in [-0.3, -0.25) is 0 Å². The second-order valence-corrected chi connectivity index (χ2v) is 6.72. The molecule has 0 radical (unpaired) electrons. The van der Waals surface area contributed by atoms with Crippen LogP contribution in [0.1, 0.15) is 64.4 Å². The van der Waals surface area contributed by atoms with Crippen LogP contribution >= 0.6 is 0 Å². The molecule has 4 nitrogen and oxygen atoms in total. The molecule has 0 saturated carbocycles. The molecule has 0 N–H and O–H groups in total. The molecule has 144 valence electrons. The molecule has 0 unspecified atom stereocenters. The highest BCUT2D eigenvalue weighted by molar-refractivity contribution is 5.83. The lowest BCUT2D eigenvalue weighted by Gasteiger charge is -2.05. The predicted octanol–water partition coefficient (Wildman–Crippen LogP) is 5.92. The summed E-state index contributed by atoms with van der Waals surface area (Å²) in [4.78, 5) is 20.3. The van der Waals surface area contributed by atoms with Gasteiger partial charge in [0.25, 0.3) is 0 Å². The smallest absolute Gasteiger partial charge is 0.335 e. The van der Waals surface area contributed by atoms with E-state index in [9.17, 15) is 4.79 Å². The van der Waals surface area contributed by atoms with Crippen LogP contribution in [0, 0.1) is 0 Å². The standard InChI is InChI=1S/C23H30N2O2/c1-3-5-7-8-10-11-19-13-15-20(16-14-19)23-24-17-21(18-25-23)27-22(26)12-9-6-4-2/h9,12-18H,3-8,10-11H2,1-2H3/b12-9+. The summed E-state index contributed by atoms with van der Waals surface area (Å²) >= 11 is 0. The summed E-state index contributed by atoms with van der Waals surface area (Å²) in [6.07, 6.45) is 15.8. The van der Waals surface area contributed by atoms with Crippen molar-refractivity contribution in [1.29, 1.82) is 0 Å². The van der Waals surface area contributed by atoms with E-state index in [0.717, 1.165) is 24.8 Å². The van der Waals surface area contributed by atoms with E-state index in [4.69, 9.17) is 4.74 Å². The Morgan fingerprint density at radius 3 is 2.33 bits per heavy atom. The van der Waals surface area contributed by atoms with Gasteiger partial charge in [0.05, 0.1) is 12.4 Å². The van der Waals surface area contributed by atoms with Crippen molar-refractivity contribution in [3.05, 3.63) is 54.4 Å². The first-order valence-electron chi connectivity index (χ1n) is 10.0. The monoisotopic (exact) mass is 366 g/mol. The molecule has 2 rings (SSSR count). The molecule has 27 heavy (non-hydrogen) atoms. The van der Waals surface area contributed by atoms with E-state index in [1.807, 2.05) is 6.08 Å². The van der Waals surface area contributed by atoms with E-state index in [2.05, 4.69) is 48.1 Å². The van der Waals surface area contributed by atoms with Gasteiger partial charge in [-0.15, -0.1) is 0 Å². The van der Waals surface area contributed by atoms with Crippen LogP contribution in [0.2, 0.25) is 0 Å². The summed E-state index contributed by atoms with van der Waals surface area (Å²) < 4.78 is 5.19. The Labute approximate surface area is 162 Å². The highest BCUT2D eigenvalue weighted by Crippen LogP contribution is 2.18. The van der Waals surface area contributed by atoms with Gasteiger partial charge < -0.3 is 4.74 Å². The molecule has 1 heterocycles. The van der Waals surface area contributed by atoms with E-state index in [-0.39, 0.29) is 0 Å². The van der Waals surface area contributed by atoms with Gasteiger partial charge >= 0.3 is 5.97 Å². The van der Waals surface area contributed by atoms with Gasteiger partial charge in [0.2, 0.25) is 0 Å². The third-order valence-corrected chi connectivity index (χ3v) is 4.34. The molecule has 0 saturated heterocycles. The molecule has 4 heteroatoms. The molecule has 0 bridgehead atoms. The Hall–Kier alpha value is -2.49. The third kappa shape index (κ3) is 7.73. The van der Waals surface area contributed by atoms with Crippen LogP contribution in [0.25, 0.3) is 11.4 Å². The predicted molar refractivity (Wildman–Crippen MR) is 110 cm³/mol. The Bertz CT molecular complexity index is 706. The lowest BCUT2D eigenvalue weighted by atomic mass is 10.0. The van der Waals surface area contributed by atoms with E-state index >= 15 is 0 Å². The molecule has 0 spiro atoms. The molecule has 0 amide bonds. The van der Waals surface area contributed by atoms with Gasteiger partial charge in [0.15, 0.2) is 11.6 Å². The molecular weight excluding hydrogens is 336 g/mol. The van der Waals surface area contributed by atoms with Crippen molar-refractivity contribution in [3.63, 3.8) is 0 Å². The summed E-state index contributed by atoms with van der Waals surface area (Å²) in [5.74, 6) is 0.586. The third-order valence-electron chi connectivity index (χ3n) is 4.34. The van der Waals surface area contributed by atoms with E-state index in [0.29, 0.717) is 11.6 Å². The number of benzene rings is 1. The van der Waals surface area contributed by atoms with Crippen molar-refractivity contribution in [2.75, 3.05) is 0 Å². The molecular formula is C23H30N2O2. The first-order chi connectivity index (χ1) is 13.2. The van der Waals surface area contributed by atoms with Gasteiger partial charge in [-0.25, -0.2) is 14.8 Å². The first kappa shape index (κ1) is 20.8. The largest absolute Gasteiger partial charge is 0.420 e. The van der Waals surface area contributed by atoms with Crippen LogP contribution in [0.3, 0.4) is 0 Å². The van der Waals surface area contributed by atoms with Crippen molar-refractivity contribution in [3.8, 4) is 17.1 Å². The van der Waals surface area contributed by atoms with Crippen LogP contribution in [0.15, 0.2) is 48.8 Å². The summed E-state index contributed by atoms with van der Waals surface area (Å²) in [6, 6.07) is 8.39. The number of allylic oxidation sites excluding steroid dienone is 1. The zero-order chi connectivity index (χ0) is 19.3. The molecule has 1 aromatic heterocycles. The van der Waals surface area contributed by atoms with Crippen molar-refractivity contribution in [2.45, 2.75) is 65.2 Å². The van der Waals surface area contributed by atoms with Crippen molar-refractivity contribution in [2.24, 2.45) is 0 Å². The number of carbonyl (C=O) groups is 1. The first-order valence-corrected chi connectivity index (χ1v) is 10.0. The second-order valence-electron chi connectivity index (χ2n) is 6.72. The number of hydrogen-bond donors (Lipinski definition) is 0. The van der Waals surface area contributed by atoms with Gasteiger partial charge in [0.1, 0.15) is 0 Å². The van der Waals surface area contributed by atoms with E-state index in [1.54, 1.807) is 0 Å². The zero-order valence-corrected chi connectivity index (χ0v) is 16.5. The Balaban J connectivity index is 1.86. The fraction of sp³-hybridized carbons (Fsp3) is 0.435. The highest BCUT2D eigenvalue weighted by atomic mass is 16.5. The minimum atomic E-state index is -0.400. The summed E-state index contributed by atoms with van der Waals surface area (Å²) in [5, 5.41) is 0. The average molecular weight is 367 g/mol. The molecule has 0 aliphatic carbocycles. The van der Waals surface area contributed by atoms with Crippen LogP contribution in [-0.2, 0) is 11.2 Å². The van der Waals surface area contributed by atoms with Crippen molar-refractivity contribution >= 4 is 5.97 Å². The van der Waals surface area contributed by atoms with Crippen LogP contribution < -0.4 is 4.74 Å². The lowest BCUT2D eigenvalue weighted by molar-refractivity contribution is -0.129. The van der Waals surface area contributed by atoms with Gasteiger partial charge in [0, 0.05) is 11.6 Å². The van der Waals surface area contributed by atoms with E-state index < -0.39 is 5.97 Å². The minimum Gasteiger partial charge on any atom is -0.420 e. The van der Waals surface area contributed by atoms with Gasteiger partial charge in [-0.2, -0.15) is 0 Å². The highest BCUT2D eigenvalue weighted by Gasteiger charge is 2.05. The number of hydrogen-bond acceptors (Lipinski definition) is 4. The second kappa shape index (κ2) is 12.0. The number of aryl methyl sites for hydroxylation is 1. The minimum absolute atomic E-state index is 0.355. The molecule has 0 aliphatic heterocycles. The SMILES string of the molecule is CCC/C=C/C(=O)Oc1cnc(-c2ccc(CCCCCCC)cc2)nc1. The van der Waals surface area contributed by atoms with Crippen LogP contribution in [0.5, 0.6) is 5.75 Å². The molecule has 2 aromatic rings. The van der Waals surface area contributed by atoms with Gasteiger partial charge in [-0.05, 0) is 24.8 Å². The Kier molecular flexibility index (Phi) is 9.25. The van der Waals surface area contributed by atoms with Crippen molar-refractivity contribution in [1.82, 2.24) is 9.97 Å². The zero-order valence-electron chi connectivity index (χ0n) is 16.5. The quantitative estimate of drug-likeness (QED) is 0.281. The number of unbranched alkanes of at least 4 members (excludes halogenated alkanes) is 5. The maximum absolute atomic E-state index is 11.7. The average Bonchev–Trinajstić information content (AvgIpc) is 2.69. The fourth-order valence-electron chi connectivity index (χ4n) is 2.77. The lowest BCUT2D eigenvalue weighted by Crippen LogP contribution is -2.04. The number of ether oxygens (including phenoxy) is 1. The van der Waals surface area contributed by atoms with Crippen LogP contribution in [0.4, 0.5) is 0 Å². The molecule has 0 atom stereocenters. The number of rotatable bonds is 11. The fourth-order valence-corrected chi connectivity index (χ4v) is 2.77. The Morgan fingerprint density at radius 2 is 1.67 bits per heavy atom. The topological polar surface area (TPSA) is 52.1 Å². The maximum atomic E-state index is 11.7. The number of carbonyl (C=O) groups excluding carboxylic acids is 1.